The predicted molar refractivity (Wildman–Crippen MR) is 80.2 cm³/mol. The van der Waals surface area contributed by atoms with Gasteiger partial charge in [-0.05, 0) is 18.1 Å². The molecular weight excluding hydrogens is 254 g/mol. The molecule has 20 heavy (non-hydrogen) atoms. The van der Waals surface area contributed by atoms with E-state index in [1.165, 1.54) is 0 Å². The highest BCUT2D eigenvalue weighted by Gasteiger charge is 2.00. The van der Waals surface area contributed by atoms with Gasteiger partial charge in [0.15, 0.2) is 0 Å². The number of methoxy groups -OCH3 is 1. The summed E-state index contributed by atoms with van der Waals surface area (Å²) in [6.45, 7) is 8.39. The van der Waals surface area contributed by atoms with Crippen LogP contribution in [0.15, 0.2) is 36.9 Å². The molecule has 0 bridgehead atoms. The zero-order valence-electron chi connectivity index (χ0n) is 12.3. The highest BCUT2D eigenvalue weighted by atomic mass is 16.5. The Morgan fingerprint density at radius 3 is 2.70 bits per heavy atom. The second-order valence-corrected chi connectivity index (χ2v) is 4.42. The topological polar surface area (TPSA) is 44.3 Å². The third-order valence-electron chi connectivity index (χ3n) is 2.81. The first-order valence-corrected chi connectivity index (χ1v) is 7.08. The van der Waals surface area contributed by atoms with E-state index in [0.717, 1.165) is 44.0 Å². The van der Waals surface area contributed by atoms with Gasteiger partial charge in [-0.15, -0.1) is 6.58 Å². The summed E-state index contributed by atoms with van der Waals surface area (Å²) in [5, 5.41) is 2.18. The van der Waals surface area contributed by atoms with E-state index in [0.29, 0.717) is 13.2 Å². The van der Waals surface area contributed by atoms with Crippen LogP contribution in [0.2, 0.25) is 0 Å². The zero-order chi connectivity index (χ0) is 14.5. The third-order valence-corrected chi connectivity index (χ3v) is 2.81. The molecule has 0 fully saturated rings. The summed E-state index contributed by atoms with van der Waals surface area (Å²) >= 11 is 0. The lowest BCUT2D eigenvalue weighted by molar-refractivity contribution is -0.657. The van der Waals surface area contributed by atoms with E-state index in [4.69, 9.17) is 14.2 Å². The Labute approximate surface area is 121 Å². The Bertz CT molecular complexity index is 368. The SMILES string of the molecule is C=CCc1ccccc1OCCOCC[NH2+]CCOC. The average Bonchev–Trinajstić information content (AvgIpc) is 2.47. The van der Waals surface area contributed by atoms with Crippen molar-refractivity contribution in [1.29, 1.82) is 0 Å². The van der Waals surface area contributed by atoms with E-state index in [9.17, 15) is 0 Å². The van der Waals surface area contributed by atoms with E-state index in [2.05, 4.69) is 18.0 Å². The van der Waals surface area contributed by atoms with Crippen LogP contribution >= 0.6 is 0 Å². The van der Waals surface area contributed by atoms with E-state index < -0.39 is 0 Å². The van der Waals surface area contributed by atoms with Crippen LogP contribution in [0, 0.1) is 0 Å². The van der Waals surface area contributed by atoms with Gasteiger partial charge >= 0.3 is 0 Å². The largest absolute Gasteiger partial charge is 0.491 e. The summed E-state index contributed by atoms with van der Waals surface area (Å²) < 4.78 is 16.2. The number of hydrogen-bond acceptors (Lipinski definition) is 3. The monoisotopic (exact) mass is 280 g/mol. The van der Waals surface area contributed by atoms with E-state index in [1.807, 2.05) is 24.3 Å². The molecule has 4 heteroatoms. The van der Waals surface area contributed by atoms with Crippen LogP contribution in [0.3, 0.4) is 0 Å². The molecule has 0 aliphatic rings. The molecule has 0 aliphatic heterocycles. The number of nitrogens with two attached hydrogens (primary N) is 1. The van der Waals surface area contributed by atoms with Crippen LogP contribution in [-0.4, -0.2) is 46.6 Å². The summed E-state index contributed by atoms with van der Waals surface area (Å²) in [6, 6.07) is 8.03. The molecule has 0 saturated heterocycles. The van der Waals surface area contributed by atoms with Crippen molar-refractivity contribution >= 4 is 0 Å². The normalized spacial score (nSPS) is 10.4. The fraction of sp³-hybridized carbons (Fsp3) is 0.500. The summed E-state index contributed by atoms with van der Waals surface area (Å²) in [5.74, 6) is 0.919. The second kappa shape index (κ2) is 11.5. The molecule has 0 radical (unpaired) electrons. The van der Waals surface area contributed by atoms with Gasteiger partial charge in [0.1, 0.15) is 12.4 Å². The molecule has 2 N–H and O–H groups in total. The quantitative estimate of drug-likeness (QED) is 0.459. The Hall–Kier alpha value is -1.36. The van der Waals surface area contributed by atoms with Crippen molar-refractivity contribution in [1.82, 2.24) is 0 Å². The molecule has 4 nitrogen and oxygen atoms in total. The molecule has 0 spiro atoms. The minimum atomic E-state index is 0.576. The third kappa shape index (κ3) is 7.28. The smallest absolute Gasteiger partial charge is 0.122 e. The fourth-order valence-corrected chi connectivity index (χ4v) is 1.79. The maximum absolute atomic E-state index is 5.73. The first kappa shape index (κ1) is 16.7. The van der Waals surface area contributed by atoms with Crippen molar-refractivity contribution < 1.29 is 19.5 Å². The Morgan fingerprint density at radius 2 is 1.90 bits per heavy atom. The zero-order valence-corrected chi connectivity index (χ0v) is 12.3. The number of hydrogen-bond donors (Lipinski definition) is 1. The molecule has 0 heterocycles. The van der Waals surface area contributed by atoms with Gasteiger partial charge < -0.3 is 19.5 Å². The molecule has 1 aromatic carbocycles. The van der Waals surface area contributed by atoms with Crippen molar-refractivity contribution in [3.63, 3.8) is 0 Å². The van der Waals surface area contributed by atoms with Crippen LogP contribution in [-0.2, 0) is 15.9 Å². The van der Waals surface area contributed by atoms with Crippen molar-refractivity contribution in [2.45, 2.75) is 6.42 Å². The molecule has 0 aromatic heterocycles. The van der Waals surface area contributed by atoms with Gasteiger partial charge in [0.2, 0.25) is 0 Å². The summed E-state index contributed by atoms with van der Waals surface area (Å²) in [7, 11) is 1.71. The molecule has 0 aliphatic carbocycles. The number of para-hydroxylation sites is 1. The van der Waals surface area contributed by atoms with Crippen LogP contribution < -0.4 is 10.1 Å². The van der Waals surface area contributed by atoms with E-state index in [-0.39, 0.29) is 0 Å². The van der Waals surface area contributed by atoms with Crippen molar-refractivity contribution in [3.8, 4) is 5.75 Å². The highest BCUT2D eigenvalue weighted by Crippen LogP contribution is 2.18. The van der Waals surface area contributed by atoms with Gasteiger partial charge in [-0.3, -0.25) is 0 Å². The molecule has 1 rings (SSSR count). The number of rotatable bonds is 12. The van der Waals surface area contributed by atoms with E-state index >= 15 is 0 Å². The summed E-state index contributed by atoms with van der Waals surface area (Å²) in [6.07, 6.45) is 2.71. The molecule has 0 unspecified atom stereocenters. The molecule has 0 amide bonds. The van der Waals surface area contributed by atoms with Gasteiger partial charge in [-0.1, -0.05) is 24.3 Å². The number of benzene rings is 1. The van der Waals surface area contributed by atoms with Crippen molar-refractivity contribution in [2.75, 3.05) is 46.6 Å². The Balaban J connectivity index is 2.08. The van der Waals surface area contributed by atoms with Gasteiger partial charge in [0.05, 0.1) is 32.9 Å². The molecule has 0 atom stereocenters. The van der Waals surface area contributed by atoms with Crippen LogP contribution in [0.5, 0.6) is 5.75 Å². The lowest BCUT2D eigenvalue weighted by Gasteiger charge is -2.10. The minimum absolute atomic E-state index is 0.576. The maximum Gasteiger partial charge on any atom is 0.122 e. The minimum Gasteiger partial charge on any atom is -0.491 e. The first-order valence-electron chi connectivity index (χ1n) is 7.08. The highest BCUT2D eigenvalue weighted by molar-refractivity contribution is 5.34. The number of quaternary nitrogens is 1. The van der Waals surface area contributed by atoms with Gasteiger partial charge in [-0.25, -0.2) is 0 Å². The summed E-state index contributed by atoms with van der Waals surface area (Å²) in [4.78, 5) is 0. The van der Waals surface area contributed by atoms with Gasteiger partial charge in [-0.2, -0.15) is 0 Å². The molecule has 112 valence electrons. The average molecular weight is 280 g/mol. The molecular formula is C16H26NO3+. The predicted octanol–water partition coefficient (Wildman–Crippen LogP) is 1.02. The summed E-state index contributed by atoms with van der Waals surface area (Å²) in [5.41, 5.74) is 1.16. The van der Waals surface area contributed by atoms with Crippen LogP contribution in [0.25, 0.3) is 0 Å². The van der Waals surface area contributed by atoms with Crippen LogP contribution in [0.4, 0.5) is 0 Å². The van der Waals surface area contributed by atoms with E-state index in [1.54, 1.807) is 7.11 Å². The number of allylic oxidation sites excluding steroid dienone is 1. The maximum atomic E-state index is 5.73. The second-order valence-electron chi connectivity index (χ2n) is 4.42. The lowest BCUT2D eigenvalue weighted by atomic mass is 10.1. The van der Waals surface area contributed by atoms with Crippen molar-refractivity contribution in [3.05, 3.63) is 42.5 Å². The lowest BCUT2D eigenvalue weighted by Crippen LogP contribution is -2.86. The van der Waals surface area contributed by atoms with Gasteiger partial charge in [0.25, 0.3) is 0 Å². The Morgan fingerprint density at radius 1 is 1.10 bits per heavy atom. The standard InChI is InChI=1S/C16H25NO3/c1-3-6-15-7-4-5-8-16(15)20-14-13-19-12-10-17-9-11-18-2/h3-5,7-8,17H,1,6,9-14H2,2H3/p+1. The van der Waals surface area contributed by atoms with Crippen LogP contribution in [0.1, 0.15) is 5.56 Å². The fourth-order valence-electron chi connectivity index (χ4n) is 1.79. The number of ether oxygens (including phenoxy) is 3. The van der Waals surface area contributed by atoms with Crippen molar-refractivity contribution in [2.24, 2.45) is 0 Å². The Kier molecular flexibility index (Phi) is 9.57. The molecule has 1 aromatic rings. The van der Waals surface area contributed by atoms with Gasteiger partial charge in [0, 0.05) is 7.11 Å². The first-order chi connectivity index (χ1) is 9.88. The molecule has 0 saturated carbocycles.